The molecule has 0 spiro atoms. The highest BCUT2D eigenvalue weighted by Gasteiger charge is 2.08. The molecule has 15 heavy (non-hydrogen) atoms. The number of benzene rings is 1. The molecule has 1 rings (SSSR count). The minimum Gasteiger partial charge on any atom is -0.508 e. The zero-order chi connectivity index (χ0) is 11.6. The van der Waals surface area contributed by atoms with Crippen molar-refractivity contribution in [3.63, 3.8) is 0 Å². The Hall–Kier alpha value is -1.97. The molecule has 0 aliphatic rings. The molecule has 0 heterocycles. The van der Waals surface area contributed by atoms with E-state index in [1.165, 1.54) is 12.1 Å². The number of hydrogen-bond donors (Lipinski definition) is 3. The molecule has 0 saturated carbocycles. The van der Waals surface area contributed by atoms with E-state index in [0.29, 0.717) is 16.7 Å². The van der Waals surface area contributed by atoms with Gasteiger partial charge in [-0.3, -0.25) is 0 Å². The zero-order valence-corrected chi connectivity index (χ0v) is 8.48. The van der Waals surface area contributed by atoms with Crippen LogP contribution in [-0.2, 0) is 4.79 Å². The Bertz CT molecular complexity index is 432. The standard InChI is InChI=1S/C11H12O4/c1-6(4-11(14)15)8-5-9(12)7(2)3-10(8)13/h3-5,12-13H,1-2H3,(H,14,15). The first-order valence-corrected chi connectivity index (χ1v) is 4.36. The Morgan fingerprint density at radius 2 is 1.87 bits per heavy atom. The van der Waals surface area contributed by atoms with Crippen molar-refractivity contribution in [1.82, 2.24) is 0 Å². The van der Waals surface area contributed by atoms with Crippen LogP contribution in [0.5, 0.6) is 11.5 Å². The number of rotatable bonds is 2. The number of carboxylic acid groups (broad SMARTS) is 1. The van der Waals surface area contributed by atoms with Crippen LogP contribution in [-0.4, -0.2) is 21.3 Å². The SMILES string of the molecule is CC(=CC(=O)O)c1cc(O)c(C)cc1O. The summed E-state index contributed by atoms with van der Waals surface area (Å²) in [5.41, 5.74) is 1.25. The van der Waals surface area contributed by atoms with Gasteiger partial charge in [-0.2, -0.15) is 0 Å². The average Bonchev–Trinajstić information content (AvgIpc) is 2.09. The molecule has 0 amide bonds. The lowest BCUT2D eigenvalue weighted by Crippen LogP contribution is -1.91. The quantitative estimate of drug-likeness (QED) is 0.512. The number of aromatic hydroxyl groups is 2. The minimum atomic E-state index is -1.09. The highest BCUT2D eigenvalue weighted by molar-refractivity contribution is 5.90. The van der Waals surface area contributed by atoms with Crippen molar-refractivity contribution in [3.8, 4) is 11.5 Å². The molecule has 0 aromatic heterocycles. The van der Waals surface area contributed by atoms with Gasteiger partial charge in [0.1, 0.15) is 11.5 Å². The normalized spacial score (nSPS) is 11.5. The Balaban J connectivity index is 3.26. The van der Waals surface area contributed by atoms with Gasteiger partial charge in [-0.1, -0.05) is 0 Å². The molecule has 0 bridgehead atoms. The monoisotopic (exact) mass is 208 g/mol. The van der Waals surface area contributed by atoms with Gasteiger partial charge < -0.3 is 15.3 Å². The van der Waals surface area contributed by atoms with E-state index in [-0.39, 0.29) is 11.5 Å². The zero-order valence-electron chi connectivity index (χ0n) is 8.48. The van der Waals surface area contributed by atoms with Crippen molar-refractivity contribution < 1.29 is 20.1 Å². The van der Waals surface area contributed by atoms with Crippen molar-refractivity contribution in [3.05, 3.63) is 29.3 Å². The van der Waals surface area contributed by atoms with E-state index < -0.39 is 5.97 Å². The van der Waals surface area contributed by atoms with Crippen LogP contribution < -0.4 is 0 Å². The van der Waals surface area contributed by atoms with Crippen molar-refractivity contribution >= 4 is 11.5 Å². The van der Waals surface area contributed by atoms with Crippen LogP contribution in [0.4, 0.5) is 0 Å². The molecule has 1 aromatic rings. The highest BCUT2D eigenvalue weighted by Crippen LogP contribution is 2.31. The Labute approximate surface area is 87.1 Å². The maximum absolute atomic E-state index is 10.4. The molecule has 80 valence electrons. The van der Waals surface area contributed by atoms with E-state index in [0.717, 1.165) is 6.08 Å². The molecule has 0 aliphatic heterocycles. The summed E-state index contributed by atoms with van der Waals surface area (Å²) < 4.78 is 0. The molecular formula is C11H12O4. The van der Waals surface area contributed by atoms with Crippen molar-refractivity contribution in [1.29, 1.82) is 0 Å². The first kappa shape index (κ1) is 11.1. The predicted octanol–water partition coefficient (Wildman–Crippen LogP) is 1.89. The van der Waals surface area contributed by atoms with Gasteiger partial charge in [-0.05, 0) is 37.1 Å². The van der Waals surface area contributed by atoms with Crippen molar-refractivity contribution in [2.45, 2.75) is 13.8 Å². The van der Waals surface area contributed by atoms with Gasteiger partial charge in [0, 0.05) is 11.6 Å². The average molecular weight is 208 g/mol. The van der Waals surface area contributed by atoms with Crippen LogP contribution in [0.2, 0.25) is 0 Å². The molecule has 0 saturated heterocycles. The smallest absolute Gasteiger partial charge is 0.328 e. The van der Waals surface area contributed by atoms with Crippen LogP contribution in [0.25, 0.3) is 5.57 Å². The van der Waals surface area contributed by atoms with Crippen LogP contribution in [0.15, 0.2) is 18.2 Å². The molecule has 0 radical (unpaired) electrons. The second kappa shape index (κ2) is 4.04. The maximum atomic E-state index is 10.4. The molecule has 0 aliphatic carbocycles. The van der Waals surface area contributed by atoms with Crippen molar-refractivity contribution in [2.24, 2.45) is 0 Å². The first-order valence-electron chi connectivity index (χ1n) is 4.36. The van der Waals surface area contributed by atoms with Crippen LogP contribution in [0, 0.1) is 6.92 Å². The minimum absolute atomic E-state index is 0.0286. The van der Waals surface area contributed by atoms with Gasteiger partial charge in [0.25, 0.3) is 0 Å². The molecule has 0 fully saturated rings. The maximum Gasteiger partial charge on any atom is 0.328 e. The number of hydrogen-bond acceptors (Lipinski definition) is 3. The third-order valence-corrected chi connectivity index (χ3v) is 2.08. The number of phenols is 2. The van der Waals surface area contributed by atoms with E-state index in [9.17, 15) is 15.0 Å². The topological polar surface area (TPSA) is 77.8 Å². The summed E-state index contributed by atoms with van der Waals surface area (Å²) in [6.45, 7) is 3.20. The Morgan fingerprint density at radius 1 is 1.27 bits per heavy atom. The molecule has 4 nitrogen and oxygen atoms in total. The lowest BCUT2D eigenvalue weighted by atomic mass is 10.0. The van der Waals surface area contributed by atoms with E-state index in [1.807, 2.05) is 0 Å². The molecule has 0 unspecified atom stereocenters. The fourth-order valence-electron chi connectivity index (χ4n) is 1.26. The fraction of sp³-hybridized carbons (Fsp3) is 0.182. The summed E-state index contributed by atoms with van der Waals surface area (Å²) in [5.74, 6) is -1.10. The lowest BCUT2D eigenvalue weighted by molar-refractivity contribution is -0.131. The number of aliphatic carboxylic acids is 1. The third-order valence-electron chi connectivity index (χ3n) is 2.08. The van der Waals surface area contributed by atoms with E-state index in [4.69, 9.17) is 5.11 Å². The first-order chi connectivity index (χ1) is 6.91. The summed E-state index contributed by atoms with van der Waals surface area (Å²) in [6.07, 6.45) is 0.976. The molecule has 4 heteroatoms. The number of phenolic OH excluding ortho intramolecular Hbond substituents is 2. The summed E-state index contributed by atoms with van der Waals surface area (Å²) in [7, 11) is 0. The molecule has 1 aromatic carbocycles. The van der Waals surface area contributed by atoms with E-state index in [2.05, 4.69) is 0 Å². The van der Waals surface area contributed by atoms with Crippen LogP contribution in [0.1, 0.15) is 18.1 Å². The van der Waals surface area contributed by atoms with Gasteiger partial charge in [0.2, 0.25) is 0 Å². The summed E-state index contributed by atoms with van der Waals surface area (Å²) in [4.78, 5) is 10.4. The second-order valence-electron chi connectivity index (χ2n) is 3.32. The summed E-state index contributed by atoms with van der Waals surface area (Å²) in [5, 5.41) is 27.5. The number of allylic oxidation sites excluding steroid dienone is 1. The van der Waals surface area contributed by atoms with E-state index >= 15 is 0 Å². The number of carboxylic acids is 1. The number of carbonyl (C=O) groups is 1. The van der Waals surface area contributed by atoms with Crippen molar-refractivity contribution in [2.75, 3.05) is 0 Å². The fourth-order valence-corrected chi connectivity index (χ4v) is 1.26. The second-order valence-corrected chi connectivity index (χ2v) is 3.32. The van der Waals surface area contributed by atoms with Gasteiger partial charge in [-0.25, -0.2) is 4.79 Å². The summed E-state index contributed by atoms with van der Waals surface area (Å²) in [6, 6.07) is 2.74. The van der Waals surface area contributed by atoms with Gasteiger partial charge in [0.05, 0.1) is 0 Å². The molecular weight excluding hydrogens is 196 g/mol. The Morgan fingerprint density at radius 3 is 2.40 bits per heavy atom. The van der Waals surface area contributed by atoms with Crippen LogP contribution >= 0.6 is 0 Å². The predicted molar refractivity (Wildman–Crippen MR) is 55.8 cm³/mol. The van der Waals surface area contributed by atoms with Crippen LogP contribution in [0.3, 0.4) is 0 Å². The largest absolute Gasteiger partial charge is 0.508 e. The summed E-state index contributed by atoms with van der Waals surface area (Å²) >= 11 is 0. The molecule has 3 N–H and O–H groups in total. The third kappa shape index (κ3) is 2.49. The Kier molecular flexibility index (Phi) is 2.99. The highest BCUT2D eigenvalue weighted by atomic mass is 16.4. The van der Waals surface area contributed by atoms with Gasteiger partial charge >= 0.3 is 5.97 Å². The van der Waals surface area contributed by atoms with Gasteiger partial charge in [-0.15, -0.1) is 0 Å². The molecule has 0 atom stereocenters. The number of aryl methyl sites for hydroxylation is 1. The van der Waals surface area contributed by atoms with E-state index in [1.54, 1.807) is 13.8 Å². The van der Waals surface area contributed by atoms with Gasteiger partial charge in [0.15, 0.2) is 0 Å². The lowest BCUT2D eigenvalue weighted by Gasteiger charge is -2.07.